The minimum atomic E-state index is -0.609. The van der Waals surface area contributed by atoms with Crippen LogP contribution in [-0.4, -0.2) is 41.6 Å². The number of nitrogens with one attached hydrogen (secondary N) is 1. The van der Waals surface area contributed by atoms with Crippen LogP contribution in [-0.2, 0) is 4.74 Å². The van der Waals surface area contributed by atoms with Gasteiger partial charge in [-0.3, -0.25) is 10.1 Å². The van der Waals surface area contributed by atoms with Crippen LogP contribution in [0.4, 0.5) is 10.5 Å². The second-order valence-electron chi connectivity index (χ2n) is 5.38. The fraction of sp³-hybridized carbons (Fsp3) is 0.462. The van der Waals surface area contributed by atoms with E-state index in [4.69, 9.17) is 16.3 Å². The molecular weight excluding hydrogens is 282 g/mol. The topological polar surface area (TPSA) is 71.5 Å². The molecule has 0 aliphatic rings. The van der Waals surface area contributed by atoms with E-state index < -0.39 is 11.7 Å². The number of ether oxygens (including phenoxy) is 1. The third-order valence-corrected chi connectivity index (χ3v) is 2.38. The maximum atomic E-state index is 11.8. The smallest absolute Gasteiger partial charge is 0.412 e. The lowest BCUT2D eigenvalue weighted by atomic mass is 10.2. The molecule has 0 unspecified atom stereocenters. The van der Waals surface area contributed by atoms with Crippen molar-refractivity contribution >= 4 is 29.3 Å². The molecule has 0 aliphatic carbocycles. The van der Waals surface area contributed by atoms with Gasteiger partial charge in [-0.1, -0.05) is 11.6 Å². The summed E-state index contributed by atoms with van der Waals surface area (Å²) in [5.74, 6) is -0.307. The Morgan fingerprint density at radius 2 is 1.95 bits per heavy atom. The van der Waals surface area contributed by atoms with Crippen LogP contribution in [0.3, 0.4) is 0 Å². The summed E-state index contributed by atoms with van der Waals surface area (Å²) < 4.78 is 5.10. The van der Waals surface area contributed by atoms with Gasteiger partial charge in [-0.15, -0.1) is 0 Å². The highest BCUT2D eigenvalue weighted by atomic mass is 35.5. The number of carbonyl (C=O) groups excluding carboxylic acids is 2. The number of hydrogen-bond donors (Lipinski definition) is 1. The molecule has 1 aromatic heterocycles. The molecule has 0 saturated heterocycles. The monoisotopic (exact) mass is 299 g/mol. The fourth-order valence-electron chi connectivity index (χ4n) is 1.30. The highest BCUT2D eigenvalue weighted by Gasteiger charge is 2.18. The Hall–Kier alpha value is -1.82. The summed E-state index contributed by atoms with van der Waals surface area (Å²) in [6, 6.07) is 1.45. The molecule has 0 aliphatic heterocycles. The average molecular weight is 300 g/mol. The van der Waals surface area contributed by atoms with Crippen molar-refractivity contribution in [2.24, 2.45) is 0 Å². The van der Waals surface area contributed by atoms with Gasteiger partial charge < -0.3 is 9.64 Å². The predicted molar refractivity (Wildman–Crippen MR) is 77.1 cm³/mol. The van der Waals surface area contributed by atoms with Crippen molar-refractivity contribution < 1.29 is 14.3 Å². The minimum Gasteiger partial charge on any atom is -0.444 e. The first-order valence-corrected chi connectivity index (χ1v) is 6.35. The van der Waals surface area contributed by atoms with Crippen molar-refractivity contribution in [1.82, 2.24) is 9.88 Å². The van der Waals surface area contributed by atoms with Crippen LogP contribution in [0, 0.1) is 0 Å². The molecule has 0 spiro atoms. The summed E-state index contributed by atoms with van der Waals surface area (Å²) in [5.41, 5.74) is -0.103. The van der Waals surface area contributed by atoms with Crippen molar-refractivity contribution in [2.45, 2.75) is 26.4 Å². The van der Waals surface area contributed by atoms with Gasteiger partial charge in [0.1, 0.15) is 11.3 Å². The van der Waals surface area contributed by atoms with Crippen molar-refractivity contribution in [3.63, 3.8) is 0 Å². The summed E-state index contributed by atoms with van der Waals surface area (Å²) in [6.45, 7) is 5.28. The van der Waals surface area contributed by atoms with E-state index >= 15 is 0 Å². The second-order valence-corrected chi connectivity index (χ2v) is 5.79. The Morgan fingerprint density at radius 3 is 2.40 bits per heavy atom. The number of nitrogens with zero attached hydrogens (tertiary/aromatic N) is 2. The number of amides is 2. The Balaban J connectivity index is 2.83. The fourth-order valence-corrected chi connectivity index (χ4v) is 1.54. The third-order valence-electron chi connectivity index (χ3n) is 2.10. The van der Waals surface area contributed by atoms with Gasteiger partial charge in [0.2, 0.25) is 0 Å². The van der Waals surface area contributed by atoms with E-state index in [0.29, 0.717) is 5.69 Å². The van der Waals surface area contributed by atoms with E-state index in [9.17, 15) is 9.59 Å². The van der Waals surface area contributed by atoms with Crippen LogP contribution in [0.25, 0.3) is 0 Å². The summed E-state index contributed by atoms with van der Waals surface area (Å²) in [7, 11) is 3.21. The number of aromatic nitrogens is 1. The zero-order chi connectivity index (χ0) is 15.5. The molecule has 0 radical (unpaired) electrons. The van der Waals surface area contributed by atoms with Gasteiger partial charge in [0, 0.05) is 14.1 Å². The molecule has 1 N–H and O–H groups in total. The number of halogens is 1. The molecule has 0 saturated carbocycles. The van der Waals surface area contributed by atoms with Crippen LogP contribution >= 0.6 is 11.6 Å². The largest absolute Gasteiger partial charge is 0.444 e. The Morgan fingerprint density at radius 1 is 1.35 bits per heavy atom. The van der Waals surface area contributed by atoms with Crippen molar-refractivity contribution in [3.8, 4) is 0 Å². The maximum absolute atomic E-state index is 11.8. The number of rotatable bonds is 2. The molecule has 1 heterocycles. The summed E-state index contributed by atoms with van der Waals surface area (Å²) in [6.07, 6.45) is 0.744. The molecular formula is C13H18ClN3O3. The van der Waals surface area contributed by atoms with E-state index in [-0.39, 0.29) is 16.6 Å². The SMILES string of the molecule is CN(C)C(=O)c1ncc(NC(=O)OC(C)(C)C)cc1Cl. The second kappa shape index (κ2) is 6.09. The van der Waals surface area contributed by atoms with Crippen LogP contribution in [0.2, 0.25) is 5.02 Å². The van der Waals surface area contributed by atoms with E-state index in [1.807, 2.05) is 0 Å². The molecule has 7 heteroatoms. The lowest BCUT2D eigenvalue weighted by Crippen LogP contribution is -2.27. The van der Waals surface area contributed by atoms with Crippen LogP contribution in [0.1, 0.15) is 31.3 Å². The number of anilines is 1. The molecule has 1 rings (SSSR count). The molecule has 6 nitrogen and oxygen atoms in total. The van der Waals surface area contributed by atoms with Gasteiger partial charge in [0.25, 0.3) is 5.91 Å². The van der Waals surface area contributed by atoms with Crippen molar-refractivity contribution in [1.29, 1.82) is 0 Å². The Bertz CT molecular complexity index is 524. The first kappa shape index (κ1) is 16.2. The lowest BCUT2D eigenvalue weighted by Gasteiger charge is -2.19. The molecule has 110 valence electrons. The summed E-state index contributed by atoms with van der Waals surface area (Å²) >= 11 is 5.98. The molecule has 0 fully saturated rings. The minimum absolute atomic E-state index is 0.131. The lowest BCUT2D eigenvalue weighted by molar-refractivity contribution is 0.0635. The molecule has 0 atom stereocenters. The molecule has 0 aromatic carbocycles. The number of hydrogen-bond acceptors (Lipinski definition) is 4. The van der Waals surface area contributed by atoms with E-state index in [0.717, 1.165) is 0 Å². The standard InChI is InChI=1S/C13H18ClN3O3/c1-13(2,3)20-12(19)16-8-6-9(14)10(15-7-8)11(18)17(4)5/h6-7H,1-5H3,(H,16,19). The Labute approximate surface area is 123 Å². The zero-order valence-electron chi connectivity index (χ0n) is 12.2. The van der Waals surface area contributed by atoms with Crippen LogP contribution in [0.5, 0.6) is 0 Å². The van der Waals surface area contributed by atoms with Crippen molar-refractivity contribution in [2.75, 3.05) is 19.4 Å². The van der Waals surface area contributed by atoms with Gasteiger partial charge in [-0.25, -0.2) is 9.78 Å². The van der Waals surface area contributed by atoms with Gasteiger partial charge in [-0.05, 0) is 26.8 Å². The maximum Gasteiger partial charge on any atom is 0.412 e. The first-order chi connectivity index (χ1) is 9.10. The van der Waals surface area contributed by atoms with Gasteiger partial charge in [-0.2, -0.15) is 0 Å². The number of carbonyl (C=O) groups is 2. The van der Waals surface area contributed by atoms with Crippen LogP contribution < -0.4 is 5.32 Å². The van der Waals surface area contributed by atoms with E-state index in [1.165, 1.54) is 17.2 Å². The Kier molecular flexibility index (Phi) is 4.94. The van der Waals surface area contributed by atoms with Gasteiger partial charge in [0.15, 0.2) is 0 Å². The normalized spacial score (nSPS) is 10.9. The predicted octanol–water partition coefficient (Wildman–Crippen LogP) is 2.78. The molecule has 20 heavy (non-hydrogen) atoms. The van der Waals surface area contributed by atoms with Gasteiger partial charge >= 0.3 is 6.09 Å². The highest BCUT2D eigenvalue weighted by Crippen LogP contribution is 2.20. The van der Waals surface area contributed by atoms with E-state index in [1.54, 1.807) is 34.9 Å². The molecule has 0 bridgehead atoms. The first-order valence-electron chi connectivity index (χ1n) is 5.97. The van der Waals surface area contributed by atoms with Crippen LogP contribution in [0.15, 0.2) is 12.3 Å². The van der Waals surface area contributed by atoms with Gasteiger partial charge in [0.05, 0.1) is 16.9 Å². The summed E-state index contributed by atoms with van der Waals surface area (Å²) in [4.78, 5) is 28.7. The van der Waals surface area contributed by atoms with E-state index in [2.05, 4.69) is 10.3 Å². The average Bonchev–Trinajstić information content (AvgIpc) is 2.25. The molecule has 2 amide bonds. The number of pyridine rings is 1. The summed E-state index contributed by atoms with van der Waals surface area (Å²) in [5, 5.41) is 2.67. The van der Waals surface area contributed by atoms with Crippen molar-refractivity contribution in [3.05, 3.63) is 23.0 Å². The third kappa shape index (κ3) is 4.70. The quantitative estimate of drug-likeness (QED) is 0.911. The zero-order valence-corrected chi connectivity index (χ0v) is 12.9. The highest BCUT2D eigenvalue weighted by molar-refractivity contribution is 6.33. The molecule has 1 aromatic rings.